The van der Waals surface area contributed by atoms with E-state index in [9.17, 15) is 8.42 Å². The van der Waals surface area contributed by atoms with Crippen molar-refractivity contribution in [3.05, 3.63) is 41.3 Å². The molecular weight excluding hydrogens is 312 g/mol. The normalized spacial score (nSPS) is 24.4. The molecule has 5 nitrogen and oxygen atoms in total. The van der Waals surface area contributed by atoms with Gasteiger partial charge in [-0.1, -0.05) is 30.3 Å². The van der Waals surface area contributed by atoms with Gasteiger partial charge >= 0.3 is 0 Å². The smallest absolute Gasteiger partial charge is 0.236 e. The summed E-state index contributed by atoms with van der Waals surface area (Å²) in [5.74, 6) is 0.424. The molecule has 2 saturated heterocycles. The molecule has 3 rings (SSSR count). The van der Waals surface area contributed by atoms with Crippen molar-refractivity contribution >= 4 is 16.1 Å². The lowest BCUT2D eigenvalue weighted by molar-refractivity contribution is 0.0316. The van der Waals surface area contributed by atoms with Crippen LogP contribution in [0.1, 0.15) is 12.0 Å². The standard InChI is InChI=1S/C17H24N2O3S/c20-23(21,13-7-16-4-2-1-3-5-16)19-8-6-17(15-19)14-18-9-11-22-12-10-18/h1-5,7,13,17H,6,8-12,14-15H2/b13-7+/t17-/m1/s1. The van der Waals surface area contributed by atoms with Gasteiger partial charge in [-0.3, -0.25) is 4.90 Å². The minimum Gasteiger partial charge on any atom is -0.379 e. The average molecular weight is 336 g/mol. The Hall–Kier alpha value is -1.21. The summed E-state index contributed by atoms with van der Waals surface area (Å²) in [4.78, 5) is 2.38. The first-order chi connectivity index (χ1) is 11.1. The second kappa shape index (κ2) is 7.57. The highest BCUT2D eigenvalue weighted by Crippen LogP contribution is 2.22. The van der Waals surface area contributed by atoms with Gasteiger partial charge in [-0.25, -0.2) is 8.42 Å². The van der Waals surface area contributed by atoms with Crippen LogP contribution in [0.15, 0.2) is 35.7 Å². The third kappa shape index (κ3) is 4.64. The van der Waals surface area contributed by atoms with Crippen molar-refractivity contribution in [3.8, 4) is 0 Å². The lowest BCUT2D eigenvalue weighted by Gasteiger charge is -2.28. The molecule has 1 atom stereocenters. The molecule has 0 radical (unpaired) electrons. The van der Waals surface area contributed by atoms with Crippen LogP contribution in [0.3, 0.4) is 0 Å². The number of hydrogen-bond donors (Lipinski definition) is 0. The monoisotopic (exact) mass is 336 g/mol. The van der Waals surface area contributed by atoms with E-state index in [1.807, 2.05) is 30.3 Å². The van der Waals surface area contributed by atoms with E-state index in [0.29, 0.717) is 19.0 Å². The largest absolute Gasteiger partial charge is 0.379 e. The first-order valence-corrected chi connectivity index (χ1v) is 9.67. The van der Waals surface area contributed by atoms with E-state index < -0.39 is 10.0 Å². The zero-order chi connectivity index (χ0) is 16.1. The molecule has 2 fully saturated rings. The highest BCUT2D eigenvalue weighted by molar-refractivity contribution is 7.92. The van der Waals surface area contributed by atoms with E-state index >= 15 is 0 Å². The maximum atomic E-state index is 12.4. The molecular formula is C17H24N2O3S. The van der Waals surface area contributed by atoms with Crippen molar-refractivity contribution in [3.63, 3.8) is 0 Å². The maximum absolute atomic E-state index is 12.4. The van der Waals surface area contributed by atoms with Crippen LogP contribution in [0.5, 0.6) is 0 Å². The van der Waals surface area contributed by atoms with Crippen LogP contribution in [0.25, 0.3) is 6.08 Å². The molecule has 0 saturated carbocycles. The predicted molar refractivity (Wildman–Crippen MR) is 91.3 cm³/mol. The second-order valence-corrected chi connectivity index (χ2v) is 8.00. The highest BCUT2D eigenvalue weighted by atomic mass is 32.2. The van der Waals surface area contributed by atoms with Crippen molar-refractivity contribution in [2.75, 3.05) is 45.9 Å². The molecule has 0 spiro atoms. The Morgan fingerprint density at radius 3 is 2.61 bits per heavy atom. The fourth-order valence-electron chi connectivity index (χ4n) is 3.14. The first-order valence-electron chi connectivity index (χ1n) is 8.17. The first kappa shape index (κ1) is 16.6. The summed E-state index contributed by atoms with van der Waals surface area (Å²) in [5.41, 5.74) is 0.903. The predicted octanol–water partition coefficient (Wildman–Crippen LogP) is 1.64. The van der Waals surface area contributed by atoms with Crippen molar-refractivity contribution in [2.24, 2.45) is 5.92 Å². The molecule has 0 aliphatic carbocycles. The SMILES string of the molecule is O=S(=O)(/C=C/c1ccccc1)N1CC[C@H](CN2CCOCC2)C1. The van der Waals surface area contributed by atoms with Gasteiger partial charge in [-0.2, -0.15) is 4.31 Å². The van der Waals surface area contributed by atoms with Gasteiger partial charge in [-0.15, -0.1) is 0 Å². The molecule has 1 aromatic carbocycles. The van der Waals surface area contributed by atoms with Crippen molar-refractivity contribution in [2.45, 2.75) is 6.42 Å². The van der Waals surface area contributed by atoms with Crippen LogP contribution in [-0.4, -0.2) is 63.6 Å². The molecule has 0 unspecified atom stereocenters. The van der Waals surface area contributed by atoms with Crippen molar-refractivity contribution < 1.29 is 13.2 Å². The molecule has 2 aliphatic heterocycles. The number of benzene rings is 1. The van der Waals surface area contributed by atoms with Gasteiger partial charge in [0.2, 0.25) is 10.0 Å². The highest BCUT2D eigenvalue weighted by Gasteiger charge is 2.31. The molecule has 0 amide bonds. The number of sulfonamides is 1. The Kier molecular flexibility index (Phi) is 5.48. The van der Waals surface area contributed by atoms with E-state index in [4.69, 9.17) is 4.74 Å². The number of hydrogen-bond acceptors (Lipinski definition) is 4. The molecule has 2 aliphatic rings. The van der Waals surface area contributed by atoms with Crippen LogP contribution in [-0.2, 0) is 14.8 Å². The summed E-state index contributed by atoms with van der Waals surface area (Å²) >= 11 is 0. The van der Waals surface area contributed by atoms with Crippen molar-refractivity contribution in [1.82, 2.24) is 9.21 Å². The lowest BCUT2D eigenvalue weighted by atomic mass is 10.1. The number of rotatable bonds is 5. The summed E-state index contributed by atoms with van der Waals surface area (Å²) in [5, 5.41) is 1.33. The Balaban J connectivity index is 1.55. The average Bonchev–Trinajstić information content (AvgIpc) is 3.04. The molecule has 23 heavy (non-hydrogen) atoms. The number of morpholine rings is 1. The van der Waals surface area contributed by atoms with Gasteiger partial charge in [-0.05, 0) is 24.0 Å². The number of nitrogens with zero attached hydrogens (tertiary/aromatic N) is 2. The fraction of sp³-hybridized carbons (Fsp3) is 0.529. The fourth-order valence-corrected chi connectivity index (χ4v) is 4.42. The Morgan fingerprint density at radius 1 is 1.13 bits per heavy atom. The summed E-state index contributed by atoms with van der Waals surface area (Å²) < 4.78 is 31.9. The summed E-state index contributed by atoms with van der Waals surface area (Å²) in [6.45, 7) is 5.70. The summed E-state index contributed by atoms with van der Waals surface area (Å²) in [6, 6.07) is 9.53. The van der Waals surface area contributed by atoms with Crippen LogP contribution in [0.2, 0.25) is 0 Å². The Labute approximate surface area is 138 Å². The summed E-state index contributed by atoms with van der Waals surface area (Å²) in [7, 11) is -3.32. The van der Waals surface area contributed by atoms with E-state index in [0.717, 1.165) is 44.8 Å². The molecule has 0 aromatic heterocycles. The quantitative estimate of drug-likeness (QED) is 0.820. The third-order valence-corrected chi connectivity index (χ3v) is 5.99. The Bertz CT molecular complexity index is 624. The zero-order valence-electron chi connectivity index (χ0n) is 13.3. The van der Waals surface area contributed by atoms with Gasteiger partial charge in [0, 0.05) is 38.1 Å². The van der Waals surface area contributed by atoms with Crippen LogP contribution in [0.4, 0.5) is 0 Å². The summed E-state index contributed by atoms with van der Waals surface area (Å²) in [6.07, 6.45) is 2.61. The molecule has 6 heteroatoms. The Morgan fingerprint density at radius 2 is 1.87 bits per heavy atom. The van der Waals surface area contributed by atoms with E-state index in [2.05, 4.69) is 4.90 Å². The van der Waals surface area contributed by atoms with Gasteiger partial charge in [0.25, 0.3) is 0 Å². The molecule has 126 valence electrons. The van der Waals surface area contributed by atoms with Gasteiger partial charge < -0.3 is 4.74 Å². The van der Waals surface area contributed by atoms with Gasteiger partial charge in [0.1, 0.15) is 0 Å². The minimum atomic E-state index is -3.32. The maximum Gasteiger partial charge on any atom is 0.236 e. The van der Waals surface area contributed by atoms with E-state index in [1.54, 1.807) is 10.4 Å². The van der Waals surface area contributed by atoms with Crippen LogP contribution in [0, 0.1) is 5.92 Å². The van der Waals surface area contributed by atoms with Crippen molar-refractivity contribution in [1.29, 1.82) is 0 Å². The zero-order valence-corrected chi connectivity index (χ0v) is 14.1. The minimum absolute atomic E-state index is 0.424. The molecule has 1 aromatic rings. The second-order valence-electron chi connectivity index (χ2n) is 6.18. The lowest BCUT2D eigenvalue weighted by Crippen LogP contribution is -2.40. The van der Waals surface area contributed by atoms with E-state index in [1.165, 1.54) is 5.41 Å². The van der Waals surface area contributed by atoms with E-state index in [-0.39, 0.29) is 0 Å². The molecule has 2 heterocycles. The molecule has 0 bridgehead atoms. The topological polar surface area (TPSA) is 49.9 Å². The van der Waals surface area contributed by atoms with Gasteiger partial charge in [0.05, 0.1) is 13.2 Å². The van der Waals surface area contributed by atoms with Gasteiger partial charge in [0.15, 0.2) is 0 Å². The third-order valence-electron chi connectivity index (χ3n) is 4.46. The van der Waals surface area contributed by atoms with Crippen LogP contribution >= 0.6 is 0 Å². The molecule has 0 N–H and O–H groups in total. The van der Waals surface area contributed by atoms with Crippen LogP contribution < -0.4 is 0 Å². The number of ether oxygens (including phenoxy) is 1.